The van der Waals surface area contributed by atoms with Gasteiger partial charge in [0.15, 0.2) is 0 Å². The average Bonchev–Trinajstić information content (AvgIpc) is 2.94. The number of carboxylic acids is 1. The number of rotatable bonds is 4. The summed E-state index contributed by atoms with van der Waals surface area (Å²) in [5.74, 6) is -1.12. The summed E-state index contributed by atoms with van der Waals surface area (Å²) in [6.45, 7) is 2.45. The minimum Gasteiger partial charge on any atom is -0.476 e. The van der Waals surface area contributed by atoms with Gasteiger partial charge in [-0.05, 0) is 6.92 Å². The van der Waals surface area contributed by atoms with E-state index in [9.17, 15) is 14.9 Å². The van der Waals surface area contributed by atoms with Gasteiger partial charge in [-0.1, -0.05) is 0 Å². The fourth-order valence-electron chi connectivity index (χ4n) is 1.51. The lowest BCUT2D eigenvalue weighted by molar-refractivity contribution is -0.385. The Hall–Kier alpha value is -2.71. The summed E-state index contributed by atoms with van der Waals surface area (Å²) in [6.07, 6.45) is 4.22. The molecule has 0 aliphatic carbocycles. The molecule has 0 spiro atoms. The van der Waals surface area contributed by atoms with E-state index in [1.165, 1.54) is 6.20 Å². The molecule has 0 aromatic carbocycles. The molecule has 9 nitrogen and oxygen atoms in total. The van der Waals surface area contributed by atoms with E-state index in [0.29, 0.717) is 12.5 Å². The Kier molecular flexibility index (Phi) is 2.80. The van der Waals surface area contributed by atoms with Crippen LogP contribution in [0.2, 0.25) is 0 Å². The van der Waals surface area contributed by atoms with Gasteiger partial charge in [0.25, 0.3) is 0 Å². The number of aromatic nitrogens is 4. The van der Waals surface area contributed by atoms with E-state index in [2.05, 4.69) is 10.1 Å². The van der Waals surface area contributed by atoms with Crippen molar-refractivity contribution in [3.63, 3.8) is 0 Å². The molecule has 0 aliphatic rings. The van der Waals surface area contributed by atoms with Gasteiger partial charge in [-0.25, -0.2) is 9.78 Å². The Morgan fingerprint density at radius 1 is 1.61 bits per heavy atom. The summed E-state index contributed by atoms with van der Waals surface area (Å²) in [4.78, 5) is 24.8. The second-order valence-corrected chi connectivity index (χ2v) is 3.38. The van der Waals surface area contributed by atoms with E-state index in [1.54, 1.807) is 10.8 Å². The minimum absolute atomic E-state index is 0.327. The third-order valence-corrected chi connectivity index (χ3v) is 2.33. The van der Waals surface area contributed by atoms with Crippen LogP contribution in [0, 0.1) is 10.1 Å². The number of hydrogen-bond donors (Lipinski definition) is 1. The maximum absolute atomic E-state index is 10.9. The molecule has 2 aromatic heterocycles. The van der Waals surface area contributed by atoms with Crippen molar-refractivity contribution < 1.29 is 14.8 Å². The van der Waals surface area contributed by atoms with Crippen LogP contribution in [0.25, 0.3) is 5.95 Å². The van der Waals surface area contributed by atoms with Gasteiger partial charge in [0.1, 0.15) is 6.20 Å². The lowest BCUT2D eigenvalue weighted by Gasteiger charge is -2.02. The molecule has 0 aliphatic heterocycles. The first-order valence-electron chi connectivity index (χ1n) is 5.03. The predicted octanol–water partition coefficient (Wildman–Crippen LogP) is 0.695. The third kappa shape index (κ3) is 1.81. The van der Waals surface area contributed by atoms with Crippen molar-refractivity contribution in [2.75, 3.05) is 0 Å². The molecule has 0 saturated heterocycles. The average molecular weight is 251 g/mol. The van der Waals surface area contributed by atoms with Gasteiger partial charge in [0, 0.05) is 18.9 Å². The molecule has 1 N–H and O–H groups in total. The number of carbonyl (C=O) groups is 1. The monoisotopic (exact) mass is 251 g/mol. The quantitative estimate of drug-likeness (QED) is 0.631. The van der Waals surface area contributed by atoms with Crippen molar-refractivity contribution in [1.29, 1.82) is 0 Å². The number of nitrogens with zero attached hydrogens (tertiary/aromatic N) is 5. The summed E-state index contributed by atoms with van der Waals surface area (Å²) in [7, 11) is 0. The molecule has 0 fully saturated rings. The highest BCUT2D eigenvalue weighted by Crippen LogP contribution is 2.18. The van der Waals surface area contributed by atoms with Gasteiger partial charge in [-0.3, -0.25) is 10.1 Å². The van der Waals surface area contributed by atoms with Crippen molar-refractivity contribution >= 4 is 11.7 Å². The van der Waals surface area contributed by atoms with E-state index in [-0.39, 0.29) is 0 Å². The molecule has 2 aromatic rings. The van der Waals surface area contributed by atoms with Crippen LogP contribution in [0.1, 0.15) is 17.4 Å². The molecule has 0 radical (unpaired) electrons. The molecule has 9 heteroatoms. The molecule has 2 heterocycles. The van der Waals surface area contributed by atoms with E-state index >= 15 is 0 Å². The van der Waals surface area contributed by atoms with Crippen LogP contribution in [0.4, 0.5) is 5.69 Å². The van der Waals surface area contributed by atoms with Gasteiger partial charge >= 0.3 is 11.7 Å². The molecule has 18 heavy (non-hydrogen) atoms. The number of nitro groups is 1. The van der Waals surface area contributed by atoms with Gasteiger partial charge in [-0.2, -0.15) is 9.78 Å². The van der Waals surface area contributed by atoms with Gasteiger partial charge in [0.05, 0.1) is 4.92 Å². The largest absolute Gasteiger partial charge is 0.476 e. The summed E-state index contributed by atoms with van der Waals surface area (Å²) < 4.78 is 2.77. The zero-order valence-corrected chi connectivity index (χ0v) is 9.35. The van der Waals surface area contributed by atoms with Crippen molar-refractivity contribution in [2.24, 2.45) is 0 Å². The smallest absolute Gasteiger partial charge is 0.363 e. The minimum atomic E-state index is -1.45. The number of carboxylic acid groups (broad SMARTS) is 1. The van der Waals surface area contributed by atoms with Crippen molar-refractivity contribution in [2.45, 2.75) is 13.5 Å². The Balaban J connectivity index is 2.57. The van der Waals surface area contributed by atoms with Gasteiger partial charge in [-0.15, -0.1) is 0 Å². The SMILES string of the molecule is CCn1ccnc1-n1cc([N+](=O)[O-])c(C(=O)O)n1. The first-order chi connectivity index (χ1) is 8.54. The highest BCUT2D eigenvalue weighted by molar-refractivity contribution is 5.89. The zero-order valence-electron chi connectivity index (χ0n) is 9.35. The molecule has 0 saturated carbocycles. The van der Waals surface area contributed by atoms with Crippen LogP contribution < -0.4 is 0 Å². The van der Waals surface area contributed by atoms with Crippen molar-refractivity contribution in [3.05, 3.63) is 34.4 Å². The summed E-state index contributed by atoms with van der Waals surface area (Å²) >= 11 is 0. The van der Waals surface area contributed by atoms with Crippen LogP contribution in [0.15, 0.2) is 18.6 Å². The third-order valence-electron chi connectivity index (χ3n) is 2.33. The highest BCUT2D eigenvalue weighted by Gasteiger charge is 2.26. The van der Waals surface area contributed by atoms with E-state index < -0.39 is 22.3 Å². The van der Waals surface area contributed by atoms with Crippen LogP contribution >= 0.6 is 0 Å². The van der Waals surface area contributed by atoms with Gasteiger partial charge in [0.2, 0.25) is 11.6 Å². The molecule has 2 rings (SSSR count). The molecule has 0 amide bonds. The molecule has 0 atom stereocenters. The molecule has 0 unspecified atom stereocenters. The highest BCUT2D eigenvalue weighted by atomic mass is 16.6. The summed E-state index contributed by atoms with van der Waals surface area (Å²) in [5.41, 5.74) is -1.17. The number of aryl methyl sites for hydroxylation is 1. The standard InChI is InChI=1S/C9H9N5O4/c1-2-12-4-3-10-9(12)13-5-6(14(17)18)7(11-13)8(15)16/h3-5H,2H2,1H3,(H,15,16). The lowest BCUT2D eigenvalue weighted by Crippen LogP contribution is -2.07. The molecule has 94 valence electrons. The summed E-state index contributed by atoms with van der Waals surface area (Å²) in [6, 6.07) is 0. The Morgan fingerprint density at radius 3 is 2.83 bits per heavy atom. The Morgan fingerprint density at radius 2 is 2.33 bits per heavy atom. The van der Waals surface area contributed by atoms with Gasteiger partial charge < -0.3 is 9.67 Å². The first-order valence-corrected chi connectivity index (χ1v) is 5.03. The normalized spacial score (nSPS) is 10.5. The molecule has 0 bridgehead atoms. The fourth-order valence-corrected chi connectivity index (χ4v) is 1.51. The number of hydrogen-bond acceptors (Lipinski definition) is 5. The maximum Gasteiger partial charge on any atom is 0.363 e. The number of aromatic carboxylic acids is 1. The van der Waals surface area contributed by atoms with E-state index in [0.717, 1.165) is 10.9 Å². The second-order valence-electron chi connectivity index (χ2n) is 3.38. The van der Waals surface area contributed by atoms with Crippen LogP contribution in [-0.4, -0.2) is 35.3 Å². The van der Waals surface area contributed by atoms with Crippen LogP contribution in [-0.2, 0) is 6.54 Å². The van der Waals surface area contributed by atoms with Crippen molar-refractivity contribution in [3.8, 4) is 5.95 Å². The predicted molar refractivity (Wildman–Crippen MR) is 58.6 cm³/mol. The van der Waals surface area contributed by atoms with Crippen LogP contribution in [0.5, 0.6) is 0 Å². The van der Waals surface area contributed by atoms with E-state index in [4.69, 9.17) is 5.11 Å². The zero-order chi connectivity index (χ0) is 13.3. The maximum atomic E-state index is 10.9. The first kappa shape index (κ1) is 11.8. The molecular formula is C9H9N5O4. The Labute approximate surface area is 100 Å². The van der Waals surface area contributed by atoms with Crippen LogP contribution in [0.3, 0.4) is 0 Å². The lowest BCUT2D eigenvalue weighted by atomic mass is 10.4. The molecular weight excluding hydrogens is 242 g/mol. The topological polar surface area (TPSA) is 116 Å². The number of imidazole rings is 1. The Bertz CT molecular complexity index is 583. The van der Waals surface area contributed by atoms with E-state index in [1.807, 2.05) is 6.92 Å². The summed E-state index contributed by atoms with van der Waals surface area (Å²) in [5, 5.41) is 23.2. The fraction of sp³-hybridized carbons (Fsp3) is 0.222. The second kappa shape index (κ2) is 4.28. The van der Waals surface area contributed by atoms with Crippen molar-refractivity contribution in [1.82, 2.24) is 19.3 Å².